The van der Waals surface area contributed by atoms with Gasteiger partial charge in [-0.15, -0.1) is 11.8 Å². The molecule has 0 aliphatic heterocycles. The number of carboxylic acid groups (broad SMARTS) is 1. The Morgan fingerprint density at radius 1 is 1.00 bits per heavy atom. The molecular formula is C18H19ClO2S. The normalized spacial score (nSPS) is 10.6. The van der Waals surface area contributed by atoms with Crippen LogP contribution < -0.4 is 0 Å². The number of carbonyl (C=O) groups is 1. The highest BCUT2D eigenvalue weighted by Crippen LogP contribution is 2.27. The Bertz CT molecular complexity index is 611. The molecule has 0 atom stereocenters. The van der Waals surface area contributed by atoms with Gasteiger partial charge in [0.15, 0.2) is 0 Å². The summed E-state index contributed by atoms with van der Waals surface area (Å²) < 4.78 is 0. The van der Waals surface area contributed by atoms with Crippen LogP contribution in [0.1, 0.15) is 24.0 Å². The quantitative estimate of drug-likeness (QED) is 0.540. The average Bonchev–Trinajstić information content (AvgIpc) is 2.50. The van der Waals surface area contributed by atoms with Crippen LogP contribution in [0.25, 0.3) is 0 Å². The van der Waals surface area contributed by atoms with E-state index < -0.39 is 5.97 Å². The second-order valence-corrected chi connectivity index (χ2v) is 6.67. The SMILES string of the molecule is O=C(O)Cc1ccc(CCCCSc2ccccc2Cl)cc1. The average molecular weight is 335 g/mol. The lowest BCUT2D eigenvalue weighted by Gasteiger charge is -2.05. The topological polar surface area (TPSA) is 37.3 Å². The molecule has 22 heavy (non-hydrogen) atoms. The van der Waals surface area contributed by atoms with Crippen molar-refractivity contribution >= 4 is 29.3 Å². The van der Waals surface area contributed by atoms with Crippen molar-refractivity contribution in [2.45, 2.75) is 30.6 Å². The van der Waals surface area contributed by atoms with Gasteiger partial charge in [-0.1, -0.05) is 48.0 Å². The van der Waals surface area contributed by atoms with Crippen LogP contribution in [-0.2, 0) is 17.6 Å². The van der Waals surface area contributed by atoms with Gasteiger partial charge in [-0.2, -0.15) is 0 Å². The minimum Gasteiger partial charge on any atom is -0.481 e. The predicted molar refractivity (Wildman–Crippen MR) is 92.9 cm³/mol. The molecule has 0 fully saturated rings. The Morgan fingerprint density at radius 2 is 1.68 bits per heavy atom. The van der Waals surface area contributed by atoms with E-state index in [1.807, 2.05) is 48.5 Å². The second-order valence-electron chi connectivity index (χ2n) is 5.12. The highest BCUT2D eigenvalue weighted by Gasteiger charge is 2.01. The molecule has 0 aliphatic carbocycles. The smallest absolute Gasteiger partial charge is 0.307 e. The van der Waals surface area contributed by atoms with Crippen molar-refractivity contribution in [3.05, 3.63) is 64.7 Å². The number of aliphatic carboxylic acids is 1. The van der Waals surface area contributed by atoms with Gasteiger partial charge in [-0.3, -0.25) is 4.79 Å². The third-order valence-electron chi connectivity index (χ3n) is 3.33. The van der Waals surface area contributed by atoms with E-state index >= 15 is 0 Å². The van der Waals surface area contributed by atoms with Crippen molar-refractivity contribution in [3.63, 3.8) is 0 Å². The highest BCUT2D eigenvalue weighted by atomic mass is 35.5. The molecule has 0 aliphatic rings. The zero-order valence-electron chi connectivity index (χ0n) is 12.3. The first-order valence-electron chi connectivity index (χ1n) is 7.32. The van der Waals surface area contributed by atoms with Crippen molar-refractivity contribution in [1.29, 1.82) is 0 Å². The van der Waals surface area contributed by atoms with Crippen molar-refractivity contribution in [2.24, 2.45) is 0 Å². The summed E-state index contributed by atoms with van der Waals surface area (Å²) in [5.41, 5.74) is 2.11. The number of rotatable bonds is 8. The summed E-state index contributed by atoms with van der Waals surface area (Å²) in [6, 6.07) is 15.8. The molecule has 0 spiro atoms. The third kappa shape index (κ3) is 5.74. The van der Waals surface area contributed by atoms with Crippen LogP contribution in [0.5, 0.6) is 0 Å². The summed E-state index contributed by atoms with van der Waals surface area (Å²) in [7, 11) is 0. The first kappa shape index (κ1) is 16.9. The van der Waals surface area contributed by atoms with E-state index in [1.54, 1.807) is 11.8 Å². The lowest BCUT2D eigenvalue weighted by molar-refractivity contribution is -0.136. The fourth-order valence-corrected chi connectivity index (χ4v) is 3.42. The standard InChI is InChI=1S/C18H19ClO2S/c19-16-6-1-2-7-17(16)22-12-4-3-5-14-8-10-15(11-9-14)13-18(20)21/h1-2,6-11H,3-5,12-13H2,(H,20,21). The van der Waals surface area contributed by atoms with Crippen molar-refractivity contribution < 1.29 is 9.90 Å². The zero-order chi connectivity index (χ0) is 15.8. The second kappa shape index (κ2) is 8.86. The monoisotopic (exact) mass is 334 g/mol. The lowest BCUT2D eigenvalue weighted by atomic mass is 10.1. The van der Waals surface area contributed by atoms with Crippen molar-refractivity contribution in [2.75, 3.05) is 5.75 Å². The summed E-state index contributed by atoms with van der Waals surface area (Å²) in [6.07, 6.45) is 3.37. The number of benzene rings is 2. The Hall–Kier alpha value is -1.45. The molecule has 0 aromatic heterocycles. The van der Waals surface area contributed by atoms with E-state index in [1.165, 1.54) is 5.56 Å². The van der Waals surface area contributed by atoms with Gasteiger partial charge in [0.05, 0.1) is 11.4 Å². The molecule has 0 bridgehead atoms. The summed E-state index contributed by atoms with van der Waals surface area (Å²) in [5, 5.41) is 9.56. The molecule has 116 valence electrons. The van der Waals surface area contributed by atoms with Gasteiger partial charge >= 0.3 is 5.97 Å². The first-order chi connectivity index (χ1) is 10.6. The third-order valence-corrected chi connectivity index (χ3v) is 4.93. The number of aryl methyl sites for hydroxylation is 1. The Kier molecular flexibility index (Phi) is 6.81. The van der Waals surface area contributed by atoms with Crippen LogP contribution in [-0.4, -0.2) is 16.8 Å². The van der Waals surface area contributed by atoms with Gasteiger partial charge in [0.1, 0.15) is 0 Å². The van der Waals surface area contributed by atoms with Crippen LogP contribution >= 0.6 is 23.4 Å². The molecule has 0 saturated carbocycles. The molecule has 4 heteroatoms. The Labute approximate surface area is 140 Å². The van der Waals surface area contributed by atoms with Crippen LogP contribution in [0.2, 0.25) is 5.02 Å². The van der Waals surface area contributed by atoms with Gasteiger partial charge in [0.25, 0.3) is 0 Å². The number of halogens is 1. The van der Waals surface area contributed by atoms with E-state index in [9.17, 15) is 4.79 Å². The molecule has 0 amide bonds. The number of carboxylic acids is 1. The number of hydrogen-bond acceptors (Lipinski definition) is 2. The van der Waals surface area contributed by atoms with E-state index in [0.717, 1.165) is 40.5 Å². The minimum absolute atomic E-state index is 0.0920. The minimum atomic E-state index is -0.788. The summed E-state index contributed by atoms with van der Waals surface area (Å²) in [5.74, 6) is 0.269. The predicted octanol–water partition coefficient (Wildman–Crippen LogP) is 5.08. The van der Waals surface area contributed by atoms with Gasteiger partial charge in [-0.05, 0) is 48.3 Å². The van der Waals surface area contributed by atoms with E-state index in [2.05, 4.69) is 0 Å². The maximum absolute atomic E-state index is 10.6. The summed E-state index contributed by atoms with van der Waals surface area (Å²) in [4.78, 5) is 11.8. The van der Waals surface area contributed by atoms with Gasteiger partial charge in [0, 0.05) is 4.90 Å². The maximum Gasteiger partial charge on any atom is 0.307 e. The molecule has 2 aromatic carbocycles. The maximum atomic E-state index is 10.6. The van der Waals surface area contributed by atoms with Crippen LogP contribution in [0, 0.1) is 0 Å². The van der Waals surface area contributed by atoms with E-state index in [0.29, 0.717) is 0 Å². The van der Waals surface area contributed by atoms with Crippen LogP contribution in [0.4, 0.5) is 0 Å². The number of hydrogen-bond donors (Lipinski definition) is 1. The summed E-state index contributed by atoms with van der Waals surface area (Å²) >= 11 is 7.92. The molecule has 1 N–H and O–H groups in total. The van der Waals surface area contributed by atoms with Crippen molar-refractivity contribution in [3.8, 4) is 0 Å². The molecule has 0 unspecified atom stereocenters. The number of thioether (sulfide) groups is 1. The number of unbranched alkanes of at least 4 members (excludes halogenated alkanes) is 1. The summed E-state index contributed by atoms with van der Waals surface area (Å²) in [6.45, 7) is 0. The molecule has 2 rings (SSSR count). The Balaban J connectivity index is 1.68. The molecule has 2 nitrogen and oxygen atoms in total. The zero-order valence-corrected chi connectivity index (χ0v) is 13.9. The molecule has 0 radical (unpaired) electrons. The molecule has 0 heterocycles. The molecule has 2 aromatic rings. The van der Waals surface area contributed by atoms with Crippen LogP contribution in [0.15, 0.2) is 53.4 Å². The van der Waals surface area contributed by atoms with Gasteiger partial charge in [0.2, 0.25) is 0 Å². The van der Waals surface area contributed by atoms with Gasteiger partial charge < -0.3 is 5.11 Å². The fourth-order valence-electron chi connectivity index (χ4n) is 2.17. The van der Waals surface area contributed by atoms with Gasteiger partial charge in [-0.25, -0.2) is 0 Å². The molecular weight excluding hydrogens is 316 g/mol. The van der Waals surface area contributed by atoms with E-state index in [4.69, 9.17) is 16.7 Å². The highest BCUT2D eigenvalue weighted by molar-refractivity contribution is 7.99. The lowest BCUT2D eigenvalue weighted by Crippen LogP contribution is -1.99. The fraction of sp³-hybridized carbons (Fsp3) is 0.278. The van der Waals surface area contributed by atoms with Crippen molar-refractivity contribution in [1.82, 2.24) is 0 Å². The Morgan fingerprint density at radius 3 is 2.36 bits per heavy atom. The van der Waals surface area contributed by atoms with Crippen LogP contribution in [0.3, 0.4) is 0 Å². The largest absolute Gasteiger partial charge is 0.481 e. The first-order valence-corrected chi connectivity index (χ1v) is 8.68. The van der Waals surface area contributed by atoms with E-state index in [-0.39, 0.29) is 6.42 Å². The molecule has 0 saturated heterocycles.